The van der Waals surface area contributed by atoms with Crippen LogP contribution >= 0.6 is 0 Å². The van der Waals surface area contributed by atoms with Gasteiger partial charge < -0.3 is 14.3 Å². The van der Waals surface area contributed by atoms with Gasteiger partial charge in [-0.15, -0.1) is 0 Å². The quantitative estimate of drug-likeness (QED) is 0.839. The van der Waals surface area contributed by atoms with E-state index in [0.717, 1.165) is 22.5 Å². The SMILES string of the molecule is COc1ccc2cc(C(C)CO)oc2c1. The zero-order valence-corrected chi connectivity index (χ0v) is 8.86. The summed E-state index contributed by atoms with van der Waals surface area (Å²) < 4.78 is 10.7. The molecule has 0 saturated heterocycles. The molecule has 1 N–H and O–H groups in total. The third kappa shape index (κ3) is 1.83. The van der Waals surface area contributed by atoms with Gasteiger partial charge in [-0.05, 0) is 18.2 Å². The molecule has 15 heavy (non-hydrogen) atoms. The first-order valence-electron chi connectivity index (χ1n) is 4.93. The summed E-state index contributed by atoms with van der Waals surface area (Å²) in [6, 6.07) is 7.65. The number of hydrogen-bond acceptors (Lipinski definition) is 3. The van der Waals surface area contributed by atoms with E-state index >= 15 is 0 Å². The Labute approximate surface area is 88.3 Å². The maximum absolute atomic E-state index is 9.03. The number of ether oxygens (including phenoxy) is 1. The fourth-order valence-corrected chi connectivity index (χ4v) is 1.49. The summed E-state index contributed by atoms with van der Waals surface area (Å²) in [5.74, 6) is 1.61. The van der Waals surface area contributed by atoms with Crippen LogP contribution in [0.1, 0.15) is 18.6 Å². The average molecular weight is 206 g/mol. The third-order valence-corrected chi connectivity index (χ3v) is 2.51. The highest BCUT2D eigenvalue weighted by Gasteiger charge is 2.10. The molecule has 2 aromatic rings. The summed E-state index contributed by atoms with van der Waals surface area (Å²) in [5, 5.41) is 10.1. The van der Waals surface area contributed by atoms with Gasteiger partial charge >= 0.3 is 0 Å². The third-order valence-electron chi connectivity index (χ3n) is 2.51. The first-order valence-corrected chi connectivity index (χ1v) is 4.93. The van der Waals surface area contributed by atoms with Crippen LogP contribution in [0.2, 0.25) is 0 Å². The number of aliphatic hydroxyl groups excluding tert-OH is 1. The smallest absolute Gasteiger partial charge is 0.137 e. The van der Waals surface area contributed by atoms with Gasteiger partial charge in [0, 0.05) is 17.4 Å². The lowest BCUT2D eigenvalue weighted by Gasteiger charge is -2.01. The highest BCUT2D eigenvalue weighted by molar-refractivity contribution is 5.79. The van der Waals surface area contributed by atoms with Gasteiger partial charge in [0.1, 0.15) is 17.1 Å². The standard InChI is InChI=1S/C12H14O3/c1-8(7-13)11-5-9-3-4-10(14-2)6-12(9)15-11/h3-6,8,13H,7H2,1-2H3. The Morgan fingerprint density at radius 1 is 1.40 bits per heavy atom. The number of furan rings is 1. The Hall–Kier alpha value is -1.48. The van der Waals surface area contributed by atoms with Crippen molar-refractivity contribution in [3.63, 3.8) is 0 Å². The lowest BCUT2D eigenvalue weighted by atomic mass is 10.1. The van der Waals surface area contributed by atoms with Gasteiger partial charge in [-0.2, -0.15) is 0 Å². The molecule has 1 aromatic heterocycles. The molecule has 2 rings (SSSR count). The molecule has 3 nitrogen and oxygen atoms in total. The molecule has 1 aromatic carbocycles. The Balaban J connectivity index is 2.46. The second-order valence-corrected chi connectivity index (χ2v) is 3.64. The van der Waals surface area contributed by atoms with Gasteiger partial charge in [-0.3, -0.25) is 0 Å². The molecule has 0 aliphatic carbocycles. The van der Waals surface area contributed by atoms with Gasteiger partial charge in [0.25, 0.3) is 0 Å². The molecular weight excluding hydrogens is 192 g/mol. The highest BCUT2D eigenvalue weighted by Crippen LogP contribution is 2.27. The zero-order valence-electron chi connectivity index (χ0n) is 8.86. The lowest BCUT2D eigenvalue weighted by Crippen LogP contribution is -1.95. The highest BCUT2D eigenvalue weighted by atomic mass is 16.5. The minimum atomic E-state index is 0.0309. The van der Waals surface area contributed by atoms with E-state index in [9.17, 15) is 0 Å². The van der Waals surface area contributed by atoms with Crippen LogP contribution in [0, 0.1) is 0 Å². The van der Waals surface area contributed by atoms with Gasteiger partial charge in [0.15, 0.2) is 0 Å². The van der Waals surface area contributed by atoms with E-state index in [1.807, 2.05) is 31.2 Å². The number of aliphatic hydroxyl groups is 1. The summed E-state index contributed by atoms with van der Waals surface area (Å²) in [6.45, 7) is 2.02. The number of benzene rings is 1. The Kier molecular flexibility index (Phi) is 2.64. The van der Waals surface area contributed by atoms with E-state index < -0.39 is 0 Å². The predicted octanol–water partition coefficient (Wildman–Crippen LogP) is 2.54. The van der Waals surface area contributed by atoms with E-state index in [4.69, 9.17) is 14.3 Å². The maximum atomic E-state index is 9.03. The first kappa shape index (κ1) is 10.1. The number of hydrogen-bond donors (Lipinski definition) is 1. The second-order valence-electron chi connectivity index (χ2n) is 3.64. The van der Waals surface area contributed by atoms with Crippen molar-refractivity contribution in [2.75, 3.05) is 13.7 Å². The van der Waals surface area contributed by atoms with Crippen molar-refractivity contribution in [2.45, 2.75) is 12.8 Å². The molecule has 0 saturated carbocycles. The van der Waals surface area contributed by atoms with E-state index in [-0.39, 0.29) is 12.5 Å². The monoisotopic (exact) mass is 206 g/mol. The van der Waals surface area contributed by atoms with Gasteiger partial charge in [-0.1, -0.05) is 6.92 Å². The van der Waals surface area contributed by atoms with Crippen molar-refractivity contribution in [3.8, 4) is 5.75 Å². The number of fused-ring (bicyclic) bond motifs is 1. The Bertz CT molecular complexity index is 459. The molecule has 1 atom stereocenters. The first-order chi connectivity index (χ1) is 7.24. The van der Waals surface area contributed by atoms with Crippen LogP contribution in [0.25, 0.3) is 11.0 Å². The molecule has 0 amide bonds. The van der Waals surface area contributed by atoms with Gasteiger partial charge in [-0.25, -0.2) is 0 Å². The molecule has 1 unspecified atom stereocenters. The molecule has 0 fully saturated rings. The van der Waals surface area contributed by atoms with Gasteiger partial charge in [0.05, 0.1) is 13.7 Å². The molecule has 0 radical (unpaired) electrons. The molecule has 1 heterocycles. The van der Waals surface area contributed by atoms with E-state index in [0.29, 0.717) is 0 Å². The molecule has 0 aliphatic rings. The van der Waals surface area contributed by atoms with Crippen LogP contribution in [-0.2, 0) is 0 Å². The van der Waals surface area contributed by atoms with Crippen LogP contribution < -0.4 is 4.74 Å². The van der Waals surface area contributed by atoms with E-state index in [1.165, 1.54) is 0 Å². The Morgan fingerprint density at radius 2 is 2.20 bits per heavy atom. The number of rotatable bonds is 3. The van der Waals surface area contributed by atoms with Crippen molar-refractivity contribution in [2.24, 2.45) is 0 Å². The van der Waals surface area contributed by atoms with E-state index in [1.54, 1.807) is 7.11 Å². The van der Waals surface area contributed by atoms with Crippen LogP contribution in [0.15, 0.2) is 28.7 Å². The van der Waals surface area contributed by atoms with Crippen LogP contribution in [-0.4, -0.2) is 18.8 Å². The summed E-state index contributed by atoms with van der Waals surface area (Å²) in [7, 11) is 1.63. The lowest BCUT2D eigenvalue weighted by molar-refractivity contribution is 0.259. The van der Waals surface area contributed by atoms with Crippen LogP contribution in [0.4, 0.5) is 0 Å². The van der Waals surface area contributed by atoms with Crippen molar-refractivity contribution in [3.05, 3.63) is 30.0 Å². The fraction of sp³-hybridized carbons (Fsp3) is 0.333. The average Bonchev–Trinajstić information content (AvgIpc) is 2.70. The van der Waals surface area contributed by atoms with Crippen molar-refractivity contribution < 1.29 is 14.3 Å². The predicted molar refractivity (Wildman–Crippen MR) is 58.3 cm³/mol. The van der Waals surface area contributed by atoms with Crippen molar-refractivity contribution in [1.82, 2.24) is 0 Å². The van der Waals surface area contributed by atoms with Gasteiger partial charge in [0.2, 0.25) is 0 Å². The molecule has 3 heteroatoms. The van der Waals surface area contributed by atoms with Crippen LogP contribution in [0.5, 0.6) is 5.75 Å². The summed E-state index contributed by atoms with van der Waals surface area (Å²) in [4.78, 5) is 0. The van der Waals surface area contributed by atoms with Crippen LogP contribution in [0.3, 0.4) is 0 Å². The van der Waals surface area contributed by atoms with Crippen molar-refractivity contribution >= 4 is 11.0 Å². The summed E-state index contributed by atoms with van der Waals surface area (Å²) in [5.41, 5.74) is 0.796. The topological polar surface area (TPSA) is 42.6 Å². The minimum absolute atomic E-state index is 0.0309. The summed E-state index contributed by atoms with van der Waals surface area (Å²) in [6.07, 6.45) is 0. The minimum Gasteiger partial charge on any atom is -0.497 e. The molecule has 0 spiro atoms. The van der Waals surface area contributed by atoms with Crippen molar-refractivity contribution in [1.29, 1.82) is 0 Å². The molecular formula is C12H14O3. The fourth-order valence-electron chi connectivity index (χ4n) is 1.49. The zero-order chi connectivity index (χ0) is 10.8. The maximum Gasteiger partial charge on any atom is 0.137 e. The molecule has 0 aliphatic heterocycles. The second kappa shape index (κ2) is 3.95. The molecule has 0 bridgehead atoms. The normalized spacial score (nSPS) is 13.0. The van der Waals surface area contributed by atoms with E-state index in [2.05, 4.69) is 0 Å². The molecule has 80 valence electrons. The Morgan fingerprint density at radius 3 is 2.87 bits per heavy atom. The largest absolute Gasteiger partial charge is 0.497 e. The number of methoxy groups -OCH3 is 1. The summed E-state index contributed by atoms with van der Waals surface area (Å²) >= 11 is 0.